The molecule has 72 valence electrons. The highest BCUT2D eigenvalue weighted by molar-refractivity contribution is 4.75. The summed E-state index contributed by atoms with van der Waals surface area (Å²) in [7, 11) is 1.57. The molecule has 1 aliphatic rings. The van der Waals surface area contributed by atoms with E-state index in [1.165, 1.54) is 12.8 Å². The number of nitrogens with one attached hydrogen (secondary N) is 1. The number of hydrogen-bond acceptors (Lipinski definition) is 3. The summed E-state index contributed by atoms with van der Waals surface area (Å²) < 4.78 is 0. The molecule has 1 saturated carbocycles. The van der Waals surface area contributed by atoms with Gasteiger partial charge in [-0.1, -0.05) is 19.5 Å². The topological polar surface area (TPSA) is 30.5 Å². The maximum absolute atomic E-state index is 5.32. The zero-order valence-corrected chi connectivity index (χ0v) is 8.17. The average Bonchev–Trinajstić information content (AvgIpc) is 2.03. The molecular weight excluding hydrogens is 154 g/mol. The Morgan fingerprint density at radius 3 is 2.58 bits per heavy atom. The molecule has 0 amide bonds. The highest BCUT2D eigenvalue weighted by Gasteiger charge is 2.26. The molecular formula is C9H19NO2. The first-order chi connectivity index (χ1) is 5.74. The molecule has 0 aromatic heterocycles. The lowest BCUT2D eigenvalue weighted by molar-refractivity contribution is -0.201. The second-order valence-electron chi connectivity index (χ2n) is 3.84. The van der Waals surface area contributed by atoms with E-state index in [4.69, 9.17) is 4.84 Å². The van der Waals surface area contributed by atoms with Crippen LogP contribution in [0.15, 0.2) is 0 Å². The van der Waals surface area contributed by atoms with Crippen molar-refractivity contribution in [2.75, 3.05) is 7.11 Å². The van der Waals surface area contributed by atoms with Gasteiger partial charge in [0.2, 0.25) is 0 Å². The second kappa shape index (κ2) is 4.80. The van der Waals surface area contributed by atoms with Gasteiger partial charge in [-0.15, -0.1) is 0 Å². The molecule has 0 spiro atoms. The Labute approximate surface area is 74.3 Å². The number of hydrogen-bond donors (Lipinski definition) is 1. The molecule has 3 heteroatoms. The van der Waals surface area contributed by atoms with Crippen LogP contribution in [0.3, 0.4) is 0 Å². The molecule has 3 nitrogen and oxygen atoms in total. The Kier molecular flexibility index (Phi) is 3.98. The van der Waals surface area contributed by atoms with Crippen molar-refractivity contribution in [1.82, 2.24) is 5.64 Å². The minimum atomic E-state index is 0.321. The second-order valence-corrected chi connectivity index (χ2v) is 3.84. The van der Waals surface area contributed by atoms with Gasteiger partial charge in [0.1, 0.15) is 0 Å². The largest absolute Gasteiger partial charge is 0.280 e. The number of rotatable bonds is 3. The summed E-state index contributed by atoms with van der Waals surface area (Å²) >= 11 is 0. The van der Waals surface area contributed by atoms with Gasteiger partial charge in [-0.05, 0) is 31.1 Å². The standard InChI is InChI=1S/C9H19NO2/c1-7-4-5-9(8(2)6-7)12-10-11-3/h7-10H,4-6H2,1-3H3. The van der Waals surface area contributed by atoms with Crippen LogP contribution in [0.25, 0.3) is 0 Å². The normalized spacial score (nSPS) is 36.8. The van der Waals surface area contributed by atoms with E-state index in [1.54, 1.807) is 7.11 Å². The van der Waals surface area contributed by atoms with Crippen LogP contribution in [0.4, 0.5) is 0 Å². The molecule has 0 aromatic rings. The van der Waals surface area contributed by atoms with E-state index in [-0.39, 0.29) is 0 Å². The lowest BCUT2D eigenvalue weighted by Crippen LogP contribution is -2.33. The van der Waals surface area contributed by atoms with Gasteiger partial charge in [-0.2, -0.15) is 0 Å². The lowest BCUT2D eigenvalue weighted by atomic mass is 9.81. The highest BCUT2D eigenvalue weighted by Crippen LogP contribution is 2.29. The fourth-order valence-electron chi connectivity index (χ4n) is 1.92. The van der Waals surface area contributed by atoms with Gasteiger partial charge >= 0.3 is 0 Å². The Balaban J connectivity index is 2.25. The third-order valence-corrected chi connectivity index (χ3v) is 2.64. The van der Waals surface area contributed by atoms with Crippen LogP contribution in [0.1, 0.15) is 33.1 Å². The molecule has 1 fully saturated rings. The minimum absolute atomic E-state index is 0.321. The van der Waals surface area contributed by atoms with Crippen molar-refractivity contribution >= 4 is 0 Å². The highest BCUT2D eigenvalue weighted by atomic mass is 16.9. The summed E-state index contributed by atoms with van der Waals surface area (Å²) in [6, 6.07) is 0. The summed E-state index contributed by atoms with van der Waals surface area (Å²) in [6.45, 7) is 4.54. The summed E-state index contributed by atoms with van der Waals surface area (Å²) in [5, 5.41) is 0. The van der Waals surface area contributed by atoms with Crippen LogP contribution >= 0.6 is 0 Å². The Morgan fingerprint density at radius 2 is 2.00 bits per heavy atom. The molecule has 0 saturated heterocycles. The summed E-state index contributed by atoms with van der Waals surface area (Å²) in [5.74, 6) is 1.48. The van der Waals surface area contributed by atoms with Crippen molar-refractivity contribution in [1.29, 1.82) is 0 Å². The monoisotopic (exact) mass is 173 g/mol. The maximum atomic E-state index is 5.32. The molecule has 1 N–H and O–H groups in total. The van der Waals surface area contributed by atoms with Gasteiger partial charge in [-0.25, -0.2) is 0 Å². The van der Waals surface area contributed by atoms with E-state index in [1.807, 2.05) is 0 Å². The fraction of sp³-hybridized carbons (Fsp3) is 1.00. The van der Waals surface area contributed by atoms with Crippen molar-refractivity contribution in [2.45, 2.75) is 39.2 Å². The summed E-state index contributed by atoms with van der Waals surface area (Å²) in [6.07, 6.45) is 3.98. The quantitative estimate of drug-likeness (QED) is 0.661. The zero-order valence-electron chi connectivity index (χ0n) is 8.17. The smallest absolute Gasteiger partial charge is 0.0842 e. The predicted molar refractivity (Wildman–Crippen MR) is 47.2 cm³/mol. The Bertz CT molecular complexity index is 128. The molecule has 0 aliphatic heterocycles. The van der Waals surface area contributed by atoms with Gasteiger partial charge in [0.05, 0.1) is 13.2 Å². The SMILES string of the molecule is CONOC1CCC(C)CC1C. The van der Waals surface area contributed by atoms with Crippen LogP contribution < -0.4 is 5.64 Å². The molecule has 0 radical (unpaired) electrons. The van der Waals surface area contributed by atoms with Crippen molar-refractivity contribution < 1.29 is 9.68 Å². The third-order valence-electron chi connectivity index (χ3n) is 2.64. The average molecular weight is 173 g/mol. The van der Waals surface area contributed by atoms with Crippen molar-refractivity contribution in [3.8, 4) is 0 Å². The van der Waals surface area contributed by atoms with Crippen LogP contribution in [0, 0.1) is 11.8 Å². The van der Waals surface area contributed by atoms with Crippen molar-refractivity contribution in [2.24, 2.45) is 11.8 Å². The molecule has 1 rings (SSSR count). The third kappa shape index (κ3) is 2.73. The molecule has 1 aliphatic carbocycles. The molecule has 0 heterocycles. The van der Waals surface area contributed by atoms with Crippen molar-refractivity contribution in [3.05, 3.63) is 0 Å². The summed E-state index contributed by atoms with van der Waals surface area (Å²) in [5.41, 5.74) is 2.46. The zero-order chi connectivity index (χ0) is 8.97. The Morgan fingerprint density at radius 1 is 1.25 bits per heavy atom. The lowest BCUT2D eigenvalue weighted by Gasteiger charge is -2.31. The molecule has 0 bridgehead atoms. The van der Waals surface area contributed by atoms with Gasteiger partial charge in [0.15, 0.2) is 0 Å². The van der Waals surface area contributed by atoms with Crippen LogP contribution in [0.5, 0.6) is 0 Å². The first kappa shape index (κ1) is 9.96. The van der Waals surface area contributed by atoms with Crippen LogP contribution in [-0.2, 0) is 9.68 Å². The maximum Gasteiger partial charge on any atom is 0.0842 e. The van der Waals surface area contributed by atoms with Gasteiger partial charge in [0, 0.05) is 0 Å². The van der Waals surface area contributed by atoms with Gasteiger partial charge in [-0.3, -0.25) is 9.68 Å². The first-order valence-electron chi connectivity index (χ1n) is 4.67. The van der Waals surface area contributed by atoms with E-state index < -0.39 is 0 Å². The van der Waals surface area contributed by atoms with E-state index >= 15 is 0 Å². The van der Waals surface area contributed by atoms with Crippen LogP contribution in [-0.4, -0.2) is 13.2 Å². The van der Waals surface area contributed by atoms with Gasteiger partial charge in [0.25, 0.3) is 0 Å². The Hall–Kier alpha value is -0.120. The minimum Gasteiger partial charge on any atom is -0.280 e. The van der Waals surface area contributed by atoms with E-state index in [0.29, 0.717) is 12.0 Å². The molecule has 3 atom stereocenters. The first-order valence-corrected chi connectivity index (χ1v) is 4.67. The fourth-order valence-corrected chi connectivity index (χ4v) is 1.92. The van der Waals surface area contributed by atoms with E-state index in [9.17, 15) is 0 Å². The van der Waals surface area contributed by atoms with Crippen LogP contribution in [0.2, 0.25) is 0 Å². The van der Waals surface area contributed by atoms with Gasteiger partial charge < -0.3 is 0 Å². The van der Waals surface area contributed by atoms with Crippen molar-refractivity contribution in [3.63, 3.8) is 0 Å². The molecule has 12 heavy (non-hydrogen) atoms. The van der Waals surface area contributed by atoms with E-state index in [2.05, 4.69) is 24.3 Å². The molecule has 3 unspecified atom stereocenters. The van der Waals surface area contributed by atoms with E-state index in [0.717, 1.165) is 12.3 Å². The predicted octanol–water partition coefficient (Wildman–Crippen LogP) is 1.89. The summed E-state index contributed by atoms with van der Waals surface area (Å²) in [4.78, 5) is 9.97. The molecule has 0 aromatic carbocycles.